The highest BCUT2D eigenvalue weighted by atomic mass is 16.5. The second-order valence-electron chi connectivity index (χ2n) is 4.96. The lowest BCUT2D eigenvalue weighted by Gasteiger charge is -2.07. The SMILES string of the molecule is COCC(=O)NCCCc1nc2ccccc2n1CC(N)=O. The molecule has 0 aliphatic rings. The molecule has 0 saturated heterocycles. The number of rotatable bonds is 8. The fraction of sp³-hybridized carbons (Fsp3) is 0.400. The Morgan fingerprint density at radius 1 is 1.36 bits per heavy atom. The lowest BCUT2D eigenvalue weighted by molar-refractivity contribution is -0.124. The topological polar surface area (TPSA) is 99.2 Å². The Kier molecular flexibility index (Phi) is 5.48. The van der Waals surface area contributed by atoms with Crippen molar-refractivity contribution in [2.24, 2.45) is 5.73 Å². The second kappa shape index (κ2) is 7.56. The maximum absolute atomic E-state index is 11.3. The summed E-state index contributed by atoms with van der Waals surface area (Å²) in [6.07, 6.45) is 1.37. The number of carbonyl (C=O) groups is 2. The number of methoxy groups -OCH3 is 1. The summed E-state index contributed by atoms with van der Waals surface area (Å²) < 4.78 is 6.57. The van der Waals surface area contributed by atoms with E-state index in [0.29, 0.717) is 13.0 Å². The number of nitrogens with two attached hydrogens (primary N) is 1. The molecule has 0 radical (unpaired) electrons. The molecule has 2 aromatic rings. The van der Waals surface area contributed by atoms with Crippen LogP contribution in [0.5, 0.6) is 0 Å². The summed E-state index contributed by atoms with van der Waals surface area (Å²) in [5, 5.41) is 2.76. The number of fused-ring (bicyclic) bond motifs is 1. The largest absolute Gasteiger partial charge is 0.375 e. The van der Waals surface area contributed by atoms with Crippen LogP contribution in [0.1, 0.15) is 12.2 Å². The molecular weight excluding hydrogens is 284 g/mol. The van der Waals surface area contributed by atoms with Crippen molar-refractivity contribution in [2.75, 3.05) is 20.3 Å². The highest BCUT2D eigenvalue weighted by Gasteiger charge is 2.12. The zero-order valence-electron chi connectivity index (χ0n) is 12.5. The van der Waals surface area contributed by atoms with E-state index in [2.05, 4.69) is 10.3 Å². The van der Waals surface area contributed by atoms with E-state index in [1.807, 2.05) is 28.8 Å². The number of amides is 2. The highest BCUT2D eigenvalue weighted by Crippen LogP contribution is 2.16. The molecule has 0 bridgehead atoms. The number of aromatic nitrogens is 2. The molecule has 1 heterocycles. The minimum absolute atomic E-state index is 0.0557. The number of ether oxygens (including phenoxy) is 1. The first-order valence-corrected chi connectivity index (χ1v) is 7.10. The van der Waals surface area contributed by atoms with Crippen LogP contribution in [0, 0.1) is 0 Å². The number of hydrogen-bond donors (Lipinski definition) is 2. The standard InChI is InChI=1S/C15H20N4O3/c1-22-10-15(21)17-8-4-7-14-18-11-5-2-3-6-12(11)19(14)9-13(16)20/h2-3,5-6H,4,7-10H2,1H3,(H2,16,20)(H,17,21). The Morgan fingerprint density at radius 3 is 2.86 bits per heavy atom. The molecule has 0 spiro atoms. The lowest BCUT2D eigenvalue weighted by Crippen LogP contribution is -2.28. The van der Waals surface area contributed by atoms with E-state index < -0.39 is 5.91 Å². The van der Waals surface area contributed by atoms with E-state index in [4.69, 9.17) is 10.5 Å². The summed E-state index contributed by atoms with van der Waals surface area (Å²) in [6.45, 7) is 0.689. The molecule has 118 valence electrons. The predicted molar refractivity (Wildman–Crippen MR) is 82.1 cm³/mol. The molecule has 0 saturated carbocycles. The summed E-state index contributed by atoms with van der Waals surface area (Å²) in [5.41, 5.74) is 7.04. The Hall–Kier alpha value is -2.41. The summed E-state index contributed by atoms with van der Waals surface area (Å²) in [6, 6.07) is 7.61. The molecule has 1 aromatic carbocycles. The summed E-state index contributed by atoms with van der Waals surface area (Å²) in [4.78, 5) is 27.1. The van der Waals surface area contributed by atoms with Crippen LogP contribution < -0.4 is 11.1 Å². The molecule has 1 aromatic heterocycles. The van der Waals surface area contributed by atoms with Crippen molar-refractivity contribution < 1.29 is 14.3 Å². The molecule has 0 unspecified atom stereocenters. The number of nitrogens with one attached hydrogen (secondary N) is 1. The molecule has 7 nitrogen and oxygen atoms in total. The molecule has 0 fully saturated rings. The number of hydrogen-bond acceptors (Lipinski definition) is 4. The van der Waals surface area contributed by atoms with Crippen molar-refractivity contribution in [1.29, 1.82) is 0 Å². The fourth-order valence-corrected chi connectivity index (χ4v) is 2.30. The van der Waals surface area contributed by atoms with E-state index in [0.717, 1.165) is 23.3 Å². The summed E-state index contributed by atoms with van der Waals surface area (Å²) >= 11 is 0. The molecule has 2 rings (SSSR count). The highest BCUT2D eigenvalue weighted by molar-refractivity contribution is 5.80. The van der Waals surface area contributed by atoms with Crippen LogP contribution in [0.2, 0.25) is 0 Å². The fourth-order valence-electron chi connectivity index (χ4n) is 2.30. The van der Waals surface area contributed by atoms with E-state index >= 15 is 0 Å². The van der Waals surface area contributed by atoms with Crippen molar-refractivity contribution in [1.82, 2.24) is 14.9 Å². The molecular formula is C15H20N4O3. The number of nitrogens with zero attached hydrogens (tertiary/aromatic N) is 2. The summed E-state index contributed by atoms with van der Waals surface area (Å²) in [7, 11) is 1.48. The molecule has 7 heteroatoms. The smallest absolute Gasteiger partial charge is 0.245 e. The maximum Gasteiger partial charge on any atom is 0.245 e. The first kappa shape index (κ1) is 16.0. The third-order valence-electron chi connectivity index (χ3n) is 3.22. The van der Waals surface area contributed by atoms with Gasteiger partial charge in [-0.15, -0.1) is 0 Å². The normalized spacial score (nSPS) is 10.8. The Balaban J connectivity index is 2.03. The van der Waals surface area contributed by atoms with Gasteiger partial charge in [0.2, 0.25) is 11.8 Å². The maximum atomic E-state index is 11.3. The Morgan fingerprint density at radius 2 is 2.14 bits per heavy atom. The van der Waals surface area contributed by atoms with Crippen molar-refractivity contribution >= 4 is 22.8 Å². The van der Waals surface area contributed by atoms with E-state index in [9.17, 15) is 9.59 Å². The van der Waals surface area contributed by atoms with Gasteiger partial charge in [0, 0.05) is 20.1 Å². The molecule has 2 amide bonds. The van der Waals surface area contributed by atoms with Crippen LogP contribution in [0.25, 0.3) is 11.0 Å². The van der Waals surface area contributed by atoms with Crippen molar-refractivity contribution in [3.8, 4) is 0 Å². The molecule has 22 heavy (non-hydrogen) atoms. The number of primary amides is 1. The van der Waals surface area contributed by atoms with Gasteiger partial charge in [0.05, 0.1) is 11.0 Å². The van der Waals surface area contributed by atoms with Gasteiger partial charge in [-0.25, -0.2) is 4.98 Å². The first-order chi connectivity index (χ1) is 10.6. The van der Waals surface area contributed by atoms with Crippen LogP contribution >= 0.6 is 0 Å². The van der Waals surface area contributed by atoms with E-state index in [-0.39, 0.29) is 19.1 Å². The van der Waals surface area contributed by atoms with Crippen LogP contribution in [0.4, 0.5) is 0 Å². The van der Waals surface area contributed by atoms with Gasteiger partial charge >= 0.3 is 0 Å². The third-order valence-corrected chi connectivity index (χ3v) is 3.22. The molecule has 3 N–H and O–H groups in total. The van der Waals surface area contributed by atoms with Crippen LogP contribution in [-0.4, -0.2) is 41.6 Å². The van der Waals surface area contributed by atoms with Crippen molar-refractivity contribution in [2.45, 2.75) is 19.4 Å². The van der Waals surface area contributed by atoms with E-state index in [1.54, 1.807) is 0 Å². The minimum atomic E-state index is -0.405. The van der Waals surface area contributed by atoms with Gasteiger partial charge in [-0.2, -0.15) is 0 Å². The average Bonchev–Trinajstić information content (AvgIpc) is 2.81. The summed E-state index contributed by atoms with van der Waals surface area (Å²) in [5.74, 6) is 0.243. The number of para-hydroxylation sites is 2. The zero-order valence-corrected chi connectivity index (χ0v) is 12.5. The van der Waals surface area contributed by atoms with Gasteiger partial charge in [0.25, 0.3) is 0 Å². The lowest BCUT2D eigenvalue weighted by atomic mass is 10.3. The molecule has 0 aliphatic heterocycles. The van der Waals surface area contributed by atoms with Gasteiger partial charge in [-0.3, -0.25) is 9.59 Å². The van der Waals surface area contributed by atoms with Crippen LogP contribution in [-0.2, 0) is 27.3 Å². The van der Waals surface area contributed by atoms with Gasteiger partial charge < -0.3 is 20.4 Å². The number of benzene rings is 1. The van der Waals surface area contributed by atoms with Crippen molar-refractivity contribution in [3.63, 3.8) is 0 Å². The second-order valence-corrected chi connectivity index (χ2v) is 4.96. The van der Waals surface area contributed by atoms with Gasteiger partial charge in [-0.05, 0) is 18.6 Å². The quantitative estimate of drug-likeness (QED) is 0.681. The van der Waals surface area contributed by atoms with Gasteiger partial charge in [0.1, 0.15) is 19.0 Å². The minimum Gasteiger partial charge on any atom is -0.375 e. The van der Waals surface area contributed by atoms with Gasteiger partial charge in [0.15, 0.2) is 0 Å². The zero-order chi connectivity index (χ0) is 15.9. The first-order valence-electron chi connectivity index (χ1n) is 7.10. The Labute approximate surface area is 128 Å². The number of imidazole rings is 1. The van der Waals surface area contributed by atoms with E-state index in [1.165, 1.54) is 7.11 Å². The average molecular weight is 304 g/mol. The number of aryl methyl sites for hydroxylation is 1. The molecule has 0 aliphatic carbocycles. The monoisotopic (exact) mass is 304 g/mol. The Bertz CT molecular complexity index is 666. The predicted octanol–water partition coefficient (Wildman–Crippen LogP) is 0.217. The van der Waals surface area contributed by atoms with Gasteiger partial charge in [-0.1, -0.05) is 12.1 Å². The molecule has 0 atom stereocenters. The third kappa shape index (κ3) is 4.05. The number of carbonyl (C=O) groups excluding carboxylic acids is 2. The van der Waals surface area contributed by atoms with Crippen LogP contribution in [0.15, 0.2) is 24.3 Å². The van der Waals surface area contributed by atoms with Crippen LogP contribution in [0.3, 0.4) is 0 Å². The van der Waals surface area contributed by atoms with Crippen molar-refractivity contribution in [3.05, 3.63) is 30.1 Å².